The fourth-order valence-corrected chi connectivity index (χ4v) is 2.31. The van der Waals surface area contributed by atoms with E-state index in [1.54, 1.807) is 12.1 Å². The van der Waals surface area contributed by atoms with Crippen LogP contribution in [-0.2, 0) is 10.0 Å². The molecule has 1 N–H and O–H groups in total. The van der Waals surface area contributed by atoms with E-state index < -0.39 is 10.0 Å². The van der Waals surface area contributed by atoms with Gasteiger partial charge in [-0.3, -0.25) is 0 Å². The molecule has 6 nitrogen and oxygen atoms in total. The quantitative estimate of drug-likeness (QED) is 0.816. The maximum atomic E-state index is 11.9. The minimum Gasteiger partial charge on any atom is -0.369 e. The number of hydrogen-bond acceptors (Lipinski definition) is 5. The molecule has 0 radical (unpaired) electrons. The third kappa shape index (κ3) is 4.43. The molecule has 0 atom stereocenters. The van der Waals surface area contributed by atoms with Crippen molar-refractivity contribution < 1.29 is 8.42 Å². The molecule has 0 aliphatic carbocycles. The molecule has 1 aromatic rings. The third-order valence-corrected chi connectivity index (χ3v) is 4.97. The van der Waals surface area contributed by atoms with E-state index in [0.717, 1.165) is 13.1 Å². The lowest BCUT2D eigenvalue weighted by molar-refractivity contribution is 0.284. The van der Waals surface area contributed by atoms with Gasteiger partial charge in [0.25, 0.3) is 0 Å². The van der Waals surface area contributed by atoms with Crippen molar-refractivity contribution in [1.82, 2.24) is 14.2 Å². The summed E-state index contributed by atoms with van der Waals surface area (Å²) in [5.41, 5.74) is 0. The van der Waals surface area contributed by atoms with Gasteiger partial charge in [0, 0.05) is 39.4 Å². The van der Waals surface area contributed by atoms with Crippen LogP contribution in [0, 0.1) is 0 Å². The number of hydrogen-bond donors (Lipinski definition) is 1. The largest absolute Gasteiger partial charge is 0.369 e. The van der Waals surface area contributed by atoms with Crippen molar-refractivity contribution in [2.24, 2.45) is 0 Å². The second-order valence-corrected chi connectivity index (χ2v) is 7.32. The highest BCUT2D eigenvalue weighted by atomic mass is 32.2. The average molecular weight is 300 g/mol. The van der Waals surface area contributed by atoms with Crippen LogP contribution in [0.3, 0.4) is 0 Å². The highest BCUT2D eigenvalue weighted by molar-refractivity contribution is 7.89. The Labute approximate surface area is 121 Å². The van der Waals surface area contributed by atoms with Gasteiger partial charge in [-0.1, -0.05) is 0 Å². The van der Waals surface area contributed by atoms with Crippen molar-refractivity contribution in [2.45, 2.75) is 24.8 Å². The zero-order valence-corrected chi connectivity index (χ0v) is 13.6. The van der Waals surface area contributed by atoms with E-state index in [0.29, 0.717) is 11.9 Å². The predicted octanol–water partition coefficient (Wildman–Crippen LogP) is 1.08. The summed E-state index contributed by atoms with van der Waals surface area (Å²) in [5, 5.41) is 3.18. The Bertz CT molecular complexity index is 512. The van der Waals surface area contributed by atoms with E-state index in [9.17, 15) is 8.42 Å². The lowest BCUT2D eigenvalue weighted by Gasteiger charge is -2.21. The summed E-state index contributed by atoms with van der Waals surface area (Å²) in [4.78, 5) is 6.55. The van der Waals surface area contributed by atoms with E-state index in [2.05, 4.69) is 36.1 Å². The van der Waals surface area contributed by atoms with Crippen molar-refractivity contribution in [2.75, 3.05) is 39.5 Å². The summed E-state index contributed by atoms with van der Waals surface area (Å²) in [6, 6.07) is 3.75. The van der Waals surface area contributed by atoms with Crippen molar-refractivity contribution in [1.29, 1.82) is 0 Å². The molecule has 0 saturated heterocycles. The molecule has 7 heteroatoms. The van der Waals surface area contributed by atoms with Gasteiger partial charge in [0.2, 0.25) is 10.0 Å². The van der Waals surface area contributed by atoms with E-state index in [-0.39, 0.29) is 4.90 Å². The summed E-state index contributed by atoms with van der Waals surface area (Å²) < 4.78 is 24.9. The molecule has 0 saturated carbocycles. The van der Waals surface area contributed by atoms with Gasteiger partial charge < -0.3 is 10.2 Å². The van der Waals surface area contributed by atoms with Crippen LogP contribution in [0.5, 0.6) is 0 Å². The summed E-state index contributed by atoms with van der Waals surface area (Å²) in [6.07, 6.45) is 1.38. The topological polar surface area (TPSA) is 65.5 Å². The first-order valence-electron chi connectivity index (χ1n) is 6.58. The van der Waals surface area contributed by atoms with Crippen LogP contribution < -0.4 is 5.32 Å². The first-order valence-corrected chi connectivity index (χ1v) is 8.02. The number of sulfonamides is 1. The maximum Gasteiger partial charge on any atom is 0.244 e. The maximum absolute atomic E-state index is 11.9. The second-order valence-electron chi connectivity index (χ2n) is 5.17. The van der Waals surface area contributed by atoms with Gasteiger partial charge in [-0.2, -0.15) is 0 Å². The molecule has 20 heavy (non-hydrogen) atoms. The Morgan fingerprint density at radius 1 is 1.25 bits per heavy atom. The molecule has 0 aliphatic rings. The van der Waals surface area contributed by atoms with Crippen molar-refractivity contribution in [3.63, 3.8) is 0 Å². The van der Waals surface area contributed by atoms with Gasteiger partial charge >= 0.3 is 0 Å². The normalized spacial score (nSPS) is 12.4. The Kier molecular flexibility index (Phi) is 5.91. The van der Waals surface area contributed by atoms with E-state index in [1.165, 1.54) is 24.6 Å². The minimum absolute atomic E-state index is 0.201. The average Bonchev–Trinajstić information content (AvgIpc) is 2.38. The standard InChI is InChI=1S/C13H24N4O2S/c1-11(2)17(5)9-8-14-13-7-6-12(10-15-13)20(18,19)16(3)4/h6-7,10-11H,8-9H2,1-5H3,(H,14,15). The minimum atomic E-state index is -3.40. The second kappa shape index (κ2) is 7.01. The van der Waals surface area contributed by atoms with E-state index >= 15 is 0 Å². The highest BCUT2D eigenvalue weighted by Crippen LogP contribution is 2.13. The number of likely N-dealkylation sites (N-methyl/N-ethyl adjacent to an activating group) is 1. The zero-order valence-electron chi connectivity index (χ0n) is 12.8. The molecule has 0 fully saturated rings. The molecule has 1 rings (SSSR count). The Morgan fingerprint density at radius 2 is 1.90 bits per heavy atom. The third-order valence-electron chi connectivity index (χ3n) is 3.17. The summed E-state index contributed by atoms with van der Waals surface area (Å²) >= 11 is 0. The zero-order chi connectivity index (χ0) is 15.3. The number of rotatable bonds is 7. The summed E-state index contributed by atoms with van der Waals surface area (Å²) in [7, 11) is 1.66. The number of pyridine rings is 1. The number of aromatic nitrogens is 1. The molecular formula is C13H24N4O2S. The summed E-state index contributed by atoms with van der Waals surface area (Å²) in [6.45, 7) is 5.94. The Morgan fingerprint density at radius 3 is 2.35 bits per heavy atom. The summed E-state index contributed by atoms with van der Waals surface area (Å²) in [5.74, 6) is 0.680. The first kappa shape index (κ1) is 16.9. The molecule has 0 amide bonds. The fraction of sp³-hybridized carbons (Fsp3) is 0.615. The van der Waals surface area contributed by atoms with E-state index in [4.69, 9.17) is 0 Å². The highest BCUT2D eigenvalue weighted by Gasteiger charge is 2.17. The van der Waals surface area contributed by atoms with Gasteiger partial charge in [0.15, 0.2) is 0 Å². The van der Waals surface area contributed by atoms with Crippen molar-refractivity contribution >= 4 is 15.8 Å². The van der Waals surface area contributed by atoms with E-state index in [1.807, 2.05) is 0 Å². The van der Waals surface area contributed by atoms with Gasteiger partial charge in [-0.15, -0.1) is 0 Å². The molecule has 0 bridgehead atoms. The van der Waals surface area contributed by atoms with Crippen LogP contribution in [-0.4, -0.2) is 62.9 Å². The van der Waals surface area contributed by atoms with Crippen LogP contribution in [0.1, 0.15) is 13.8 Å². The molecule has 1 heterocycles. The number of nitrogens with zero attached hydrogens (tertiary/aromatic N) is 3. The predicted molar refractivity (Wildman–Crippen MR) is 81.4 cm³/mol. The van der Waals surface area contributed by atoms with Crippen LogP contribution in [0.4, 0.5) is 5.82 Å². The Hall–Kier alpha value is -1.18. The number of anilines is 1. The van der Waals surface area contributed by atoms with Crippen molar-refractivity contribution in [3.8, 4) is 0 Å². The molecular weight excluding hydrogens is 276 g/mol. The number of nitrogens with one attached hydrogen (secondary N) is 1. The Balaban J connectivity index is 2.60. The van der Waals surface area contributed by atoms with Crippen molar-refractivity contribution in [3.05, 3.63) is 18.3 Å². The van der Waals surface area contributed by atoms with Crippen LogP contribution >= 0.6 is 0 Å². The van der Waals surface area contributed by atoms with Crippen LogP contribution in [0.25, 0.3) is 0 Å². The monoisotopic (exact) mass is 300 g/mol. The molecule has 0 aromatic carbocycles. The molecule has 114 valence electrons. The first-order chi connectivity index (χ1) is 9.25. The van der Waals surface area contributed by atoms with Gasteiger partial charge in [-0.25, -0.2) is 17.7 Å². The van der Waals surface area contributed by atoms with Gasteiger partial charge in [0.05, 0.1) is 0 Å². The molecule has 0 aliphatic heterocycles. The van der Waals surface area contributed by atoms with Crippen LogP contribution in [0.2, 0.25) is 0 Å². The fourth-order valence-electron chi connectivity index (χ4n) is 1.47. The smallest absolute Gasteiger partial charge is 0.244 e. The van der Waals surface area contributed by atoms with Crippen LogP contribution in [0.15, 0.2) is 23.2 Å². The van der Waals surface area contributed by atoms with Gasteiger partial charge in [0.1, 0.15) is 10.7 Å². The SMILES string of the molecule is CC(C)N(C)CCNc1ccc(S(=O)(=O)N(C)C)cn1. The lowest BCUT2D eigenvalue weighted by Crippen LogP contribution is -2.31. The molecule has 0 spiro atoms. The lowest BCUT2D eigenvalue weighted by atomic mass is 10.3. The molecule has 0 unspecified atom stereocenters. The van der Waals surface area contributed by atoms with Gasteiger partial charge in [-0.05, 0) is 33.0 Å². The molecule has 1 aromatic heterocycles.